The molecule has 0 aromatic heterocycles. The van der Waals surface area contributed by atoms with E-state index in [0.717, 1.165) is 18.4 Å². The predicted molar refractivity (Wildman–Crippen MR) is 97.8 cm³/mol. The van der Waals surface area contributed by atoms with E-state index in [4.69, 9.17) is 0 Å². The Morgan fingerprint density at radius 2 is 1.92 bits per heavy atom. The van der Waals surface area contributed by atoms with E-state index < -0.39 is 0 Å². The van der Waals surface area contributed by atoms with Crippen LogP contribution in [0.25, 0.3) is 0 Å². The Morgan fingerprint density at radius 1 is 1.12 bits per heavy atom. The Hall–Kier alpha value is -1.93. The lowest BCUT2D eigenvalue weighted by molar-refractivity contribution is 0.112. The fourth-order valence-electron chi connectivity index (χ4n) is 4.79. The van der Waals surface area contributed by atoms with Crippen molar-refractivity contribution in [2.24, 2.45) is 5.92 Å². The summed E-state index contributed by atoms with van der Waals surface area (Å²) in [4.78, 5) is 13.6. The fourth-order valence-corrected chi connectivity index (χ4v) is 4.79. The zero-order chi connectivity index (χ0) is 16.7. The standard InChI is InChI=1S/C22H25NO/c1-3-23-11-10-19-21(13-23)18-9-4-15(2)12-20(18)22(19)17-7-5-16(14-24)6-8-17/h4-9,12,14,19,21-22H,3,10-11,13H2,1-2H3/t19-,21-,22+/m0/s1. The van der Waals surface area contributed by atoms with E-state index in [1.807, 2.05) is 12.1 Å². The fraction of sp³-hybridized carbons (Fsp3) is 0.409. The van der Waals surface area contributed by atoms with Crippen LogP contribution in [-0.4, -0.2) is 30.8 Å². The summed E-state index contributed by atoms with van der Waals surface area (Å²) in [5.41, 5.74) is 6.53. The Labute approximate surface area is 144 Å². The molecule has 2 aromatic carbocycles. The molecule has 4 rings (SSSR count). The van der Waals surface area contributed by atoms with E-state index in [0.29, 0.717) is 17.8 Å². The number of carbonyl (C=O) groups excluding carboxylic acids is 1. The first-order valence-electron chi connectivity index (χ1n) is 9.09. The van der Waals surface area contributed by atoms with Gasteiger partial charge in [-0.05, 0) is 49.0 Å². The van der Waals surface area contributed by atoms with Crippen molar-refractivity contribution in [1.82, 2.24) is 4.90 Å². The third-order valence-electron chi connectivity index (χ3n) is 6.03. The molecule has 0 unspecified atom stereocenters. The SMILES string of the molecule is CCN1CC[C@@H]2[C@@H](c3ccc(C=O)cc3)c3cc(C)ccc3[C@@H]2C1. The third-order valence-corrected chi connectivity index (χ3v) is 6.03. The quantitative estimate of drug-likeness (QED) is 0.783. The van der Waals surface area contributed by atoms with Crippen LogP contribution in [0.1, 0.15) is 57.8 Å². The molecule has 1 aliphatic carbocycles. The van der Waals surface area contributed by atoms with Crippen molar-refractivity contribution in [1.29, 1.82) is 0 Å². The highest BCUT2D eigenvalue weighted by Crippen LogP contribution is 2.53. The highest BCUT2D eigenvalue weighted by Gasteiger charge is 2.43. The number of likely N-dealkylation sites (tertiary alicyclic amines) is 1. The summed E-state index contributed by atoms with van der Waals surface area (Å²) in [6, 6.07) is 15.3. The third kappa shape index (κ3) is 2.50. The van der Waals surface area contributed by atoms with Gasteiger partial charge in [0.25, 0.3) is 0 Å². The van der Waals surface area contributed by atoms with Gasteiger partial charge in [0.2, 0.25) is 0 Å². The molecule has 24 heavy (non-hydrogen) atoms. The van der Waals surface area contributed by atoms with Gasteiger partial charge in [0.1, 0.15) is 6.29 Å². The Kier molecular flexibility index (Phi) is 4.01. The van der Waals surface area contributed by atoms with Crippen LogP contribution in [0.2, 0.25) is 0 Å². The number of hydrogen-bond donors (Lipinski definition) is 0. The molecule has 1 fully saturated rings. The smallest absolute Gasteiger partial charge is 0.150 e. The van der Waals surface area contributed by atoms with Gasteiger partial charge in [-0.3, -0.25) is 4.79 Å². The Balaban J connectivity index is 1.78. The molecule has 0 spiro atoms. The van der Waals surface area contributed by atoms with Crippen molar-refractivity contribution in [3.05, 3.63) is 70.3 Å². The highest BCUT2D eigenvalue weighted by molar-refractivity contribution is 5.74. The molecular formula is C22H25NO. The van der Waals surface area contributed by atoms with Crippen molar-refractivity contribution < 1.29 is 4.79 Å². The summed E-state index contributed by atoms with van der Waals surface area (Å²) in [5, 5.41) is 0. The first kappa shape index (κ1) is 15.6. The number of fused-ring (bicyclic) bond motifs is 3. The monoisotopic (exact) mass is 319 g/mol. The number of piperidine rings is 1. The normalized spacial score (nSPS) is 26.0. The topological polar surface area (TPSA) is 20.3 Å². The van der Waals surface area contributed by atoms with E-state index in [9.17, 15) is 4.79 Å². The molecule has 0 bridgehead atoms. The van der Waals surface area contributed by atoms with E-state index in [2.05, 4.69) is 49.1 Å². The van der Waals surface area contributed by atoms with Crippen LogP contribution in [0.4, 0.5) is 0 Å². The highest BCUT2D eigenvalue weighted by atomic mass is 16.1. The second-order valence-corrected chi connectivity index (χ2v) is 7.35. The molecule has 1 heterocycles. The van der Waals surface area contributed by atoms with E-state index in [-0.39, 0.29) is 0 Å². The molecule has 1 aliphatic heterocycles. The Morgan fingerprint density at radius 3 is 2.62 bits per heavy atom. The zero-order valence-electron chi connectivity index (χ0n) is 14.5. The van der Waals surface area contributed by atoms with Crippen LogP contribution in [0.5, 0.6) is 0 Å². The molecular weight excluding hydrogens is 294 g/mol. The minimum Gasteiger partial charge on any atom is -0.303 e. The lowest BCUT2D eigenvalue weighted by atomic mass is 9.78. The van der Waals surface area contributed by atoms with E-state index in [1.54, 1.807) is 5.56 Å². The summed E-state index contributed by atoms with van der Waals surface area (Å²) in [5.74, 6) is 1.81. The van der Waals surface area contributed by atoms with Gasteiger partial charge >= 0.3 is 0 Å². The van der Waals surface area contributed by atoms with Crippen LogP contribution < -0.4 is 0 Å². The average molecular weight is 319 g/mol. The summed E-state index contributed by atoms with van der Waals surface area (Å²) >= 11 is 0. The number of rotatable bonds is 3. The van der Waals surface area contributed by atoms with Crippen molar-refractivity contribution in [2.75, 3.05) is 19.6 Å². The van der Waals surface area contributed by atoms with Gasteiger partial charge < -0.3 is 4.90 Å². The molecule has 124 valence electrons. The number of hydrogen-bond acceptors (Lipinski definition) is 2. The van der Waals surface area contributed by atoms with Crippen LogP contribution in [-0.2, 0) is 0 Å². The summed E-state index contributed by atoms with van der Waals surface area (Å²) in [6.07, 6.45) is 2.19. The van der Waals surface area contributed by atoms with Crippen LogP contribution in [0.3, 0.4) is 0 Å². The maximum absolute atomic E-state index is 11.0. The predicted octanol–water partition coefficient (Wildman–Crippen LogP) is 4.38. The second-order valence-electron chi connectivity index (χ2n) is 7.35. The van der Waals surface area contributed by atoms with Gasteiger partial charge in [0, 0.05) is 23.9 Å². The van der Waals surface area contributed by atoms with Crippen LogP contribution in [0, 0.1) is 12.8 Å². The molecule has 2 nitrogen and oxygen atoms in total. The van der Waals surface area contributed by atoms with Gasteiger partial charge in [-0.25, -0.2) is 0 Å². The van der Waals surface area contributed by atoms with Crippen molar-refractivity contribution in [3.63, 3.8) is 0 Å². The maximum atomic E-state index is 11.0. The Bertz CT molecular complexity index is 749. The molecule has 2 heteroatoms. The van der Waals surface area contributed by atoms with Gasteiger partial charge in [0.05, 0.1) is 0 Å². The van der Waals surface area contributed by atoms with Crippen molar-refractivity contribution >= 4 is 6.29 Å². The number of carbonyl (C=O) groups is 1. The number of aryl methyl sites for hydroxylation is 1. The minimum absolute atomic E-state index is 0.476. The van der Waals surface area contributed by atoms with Gasteiger partial charge in [-0.1, -0.05) is 55.0 Å². The molecule has 1 saturated heterocycles. The lowest BCUT2D eigenvalue weighted by Crippen LogP contribution is -2.38. The number of likely N-dealkylation sites (N-methyl/N-ethyl adjacent to an activating group) is 1. The number of aldehydes is 1. The van der Waals surface area contributed by atoms with Gasteiger partial charge in [-0.2, -0.15) is 0 Å². The van der Waals surface area contributed by atoms with E-state index in [1.165, 1.54) is 36.2 Å². The zero-order valence-corrected chi connectivity index (χ0v) is 14.5. The molecule has 3 atom stereocenters. The summed E-state index contributed by atoms with van der Waals surface area (Å²) < 4.78 is 0. The molecule has 0 amide bonds. The number of nitrogens with zero attached hydrogens (tertiary/aromatic N) is 1. The lowest BCUT2D eigenvalue weighted by Gasteiger charge is -2.37. The first-order valence-corrected chi connectivity index (χ1v) is 9.09. The molecule has 0 radical (unpaired) electrons. The average Bonchev–Trinajstić information content (AvgIpc) is 2.94. The maximum Gasteiger partial charge on any atom is 0.150 e. The molecule has 0 saturated carbocycles. The van der Waals surface area contributed by atoms with Crippen LogP contribution >= 0.6 is 0 Å². The van der Waals surface area contributed by atoms with Crippen LogP contribution in [0.15, 0.2) is 42.5 Å². The molecule has 0 N–H and O–H groups in total. The number of benzene rings is 2. The summed E-state index contributed by atoms with van der Waals surface area (Å²) in [6.45, 7) is 7.98. The van der Waals surface area contributed by atoms with E-state index >= 15 is 0 Å². The minimum atomic E-state index is 0.476. The second kappa shape index (κ2) is 6.18. The summed E-state index contributed by atoms with van der Waals surface area (Å²) in [7, 11) is 0. The van der Waals surface area contributed by atoms with Crippen molar-refractivity contribution in [3.8, 4) is 0 Å². The van der Waals surface area contributed by atoms with Gasteiger partial charge in [-0.15, -0.1) is 0 Å². The van der Waals surface area contributed by atoms with Crippen molar-refractivity contribution in [2.45, 2.75) is 32.1 Å². The largest absolute Gasteiger partial charge is 0.303 e. The molecule has 2 aliphatic rings. The van der Waals surface area contributed by atoms with Gasteiger partial charge in [0.15, 0.2) is 0 Å². The first-order chi connectivity index (χ1) is 11.7. The molecule has 2 aromatic rings.